The van der Waals surface area contributed by atoms with Crippen molar-refractivity contribution in [3.8, 4) is 5.75 Å². The van der Waals surface area contributed by atoms with Gasteiger partial charge in [-0.3, -0.25) is 0 Å². The van der Waals surface area contributed by atoms with E-state index in [1.165, 1.54) is 27.3 Å². The molecule has 3 nitrogen and oxygen atoms in total. The van der Waals surface area contributed by atoms with Gasteiger partial charge in [-0.05, 0) is 55.0 Å². The quantitative estimate of drug-likeness (QED) is 0.577. The van der Waals surface area contributed by atoms with Crippen LogP contribution < -0.4 is 9.64 Å². The molecule has 0 amide bonds. The van der Waals surface area contributed by atoms with E-state index in [9.17, 15) is 0 Å². The second-order valence-electron chi connectivity index (χ2n) is 7.06. The van der Waals surface area contributed by atoms with Gasteiger partial charge in [0.1, 0.15) is 18.8 Å². The van der Waals surface area contributed by atoms with Gasteiger partial charge in [-0.15, -0.1) is 0 Å². The standard InChI is InChI=1S/C24H28N2O/c1-4-15-25(17-21-11-13-24(27-3)14-12-21)19-23-6-5-16-26(23)18-22-9-7-20(2)8-10-22/h4-14,16H,1,15,17-19H2,2-3H3/p+1. The number of methoxy groups -OCH3 is 1. The highest BCUT2D eigenvalue weighted by Gasteiger charge is 2.12. The fraction of sp³-hybridized carbons (Fsp3) is 0.250. The summed E-state index contributed by atoms with van der Waals surface area (Å²) in [5.74, 6) is 0.899. The van der Waals surface area contributed by atoms with Crippen LogP contribution >= 0.6 is 0 Å². The minimum absolute atomic E-state index is 0.899. The average molecular weight is 362 g/mol. The molecule has 0 aliphatic heterocycles. The molecule has 1 unspecified atom stereocenters. The van der Waals surface area contributed by atoms with Gasteiger partial charge in [-0.2, -0.15) is 0 Å². The Morgan fingerprint density at radius 3 is 2.33 bits per heavy atom. The van der Waals surface area contributed by atoms with Crippen molar-refractivity contribution in [1.82, 2.24) is 4.57 Å². The second-order valence-corrected chi connectivity index (χ2v) is 7.06. The van der Waals surface area contributed by atoms with Crippen molar-refractivity contribution in [1.29, 1.82) is 0 Å². The Hall–Kier alpha value is -2.78. The Labute approximate surface area is 162 Å². The average Bonchev–Trinajstić information content (AvgIpc) is 3.11. The minimum atomic E-state index is 0.899. The fourth-order valence-electron chi connectivity index (χ4n) is 3.35. The lowest BCUT2D eigenvalue weighted by atomic mass is 10.1. The van der Waals surface area contributed by atoms with Crippen molar-refractivity contribution < 1.29 is 9.64 Å². The molecule has 2 aromatic carbocycles. The molecule has 0 saturated heterocycles. The number of rotatable bonds is 9. The largest absolute Gasteiger partial charge is 0.497 e. The Morgan fingerprint density at radius 1 is 0.963 bits per heavy atom. The Balaban J connectivity index is 1.70. The van der Waals surface area contributed by atoms with Crippen LogP contribution in [0.1, 0.15) is 22.4 Å². The van der Waals surface area contributed by atoms with Gasteiger partial charge in [0.05, 0.1) is 19.3 Å². The number of benzene rings is 2. The Kier molecular flexibility index (Phi) is 6.50. The van der Waals surface area contributed by atoms with E-state index < -0.39 is 0 Å². The highest BCUT2D eigenvalue weighted by Crippen LogP contribution is 2.11. The fourth-order valence-corrected chi connectivity index (χ4v) is 3.35. The van der Waals surface area contributed by atoms with E-state index in [2.05, 4.69) is 72.8 Å². The summed E-state index contributed by atoms with van der Waals surface area (Å²) in [6.07, 6.45) is 4.18. The summed E-state index contributed by atoms with van der Waals surface area (Å²) < 4.78 is 7.61. The molecule has 1 atom stereocenters. The zero-order chi connectivity index (χ0) is 19.1. The molecule has 1 aromatic heterocycles. The van der Waals surface area contributed by atoms with E-state index in [0.717, 1.165) is 31.9 Å². The van der Waals surface area contributed by atoms with Crippen molar-refractivity contribution in [3.05, 3.63) is 102 Å². The number of quaternary nitrogens is 1. The van der Waals surface area contributed by atoms with Gasteiger partial charge in [-0.25, -0.2) is 0 Å². The lowest BCUT2D eigenvalue weighted by Crippen LogP contribution is -3.09. The molecular formula is C24H29N2O+. The van der Waals surface area contributed by atoms with Gasteiger partial charge in [0.2, 0.25) is 0 Å². The maximum Gasteiger partial charge on any atom is 0.119 e. The summed E-state index contributed by atoms with van der Waals surface area (Å²) in [5, 5.41) is 0. The molecule has 0 saturated carbocycles. The molecule has 1 heterocycles. The maximum atomic E-state index is 5.26. The van der Waals surface area contributed by atoms with Crippen LogP contribution in [0.2, 0.25) is 0 Å². The normalized spacial score (nSPS) is 11.9. The van der Waals surface area contributed by atoms with Crippen molar-refractivity contribution >= 4 is 0 Å². The Morgan fingerprint density at radius 2 is 1.67 bits per heavy atom. The van der Waals surface area contributed by atoms with Crippen LogP contribution in [0.3, 0.4) is 0 Å². The molecule has 0 spiro atoms. The van der Waals surface area contributed by atoms with Crippen molar-refractivity contribution in [2.45, 2.75) is 26.6 Å². The summed E-state index contributed by atoms with van der Waals surface area (Å²) in [7, 11) is 1.70. The van der Waals surface area contributed by atoms with E-state index in [1.807, 2.05) is 18.2 Å². The number of nitrogens with one attached hydrogen (secondary N) is 1. The first-order valence-electron chi connectivity index (χ1n) is 9.45. The molecule has 0 aliphatic rings. The molecule has 3 heteroatoms. The summed E-state index contributed by atoms with van der Waals surface area (Å²) in [6.45, 7) is 9.85. The van der Waals surface area contributed by atoms with Crippen molar-refractivity contribution in [2.24, 2.45) is 0 Å². The number of ether oxygens (including phenoxy) is 1. The van der Waals surface area contributed by atoms with Crippen LogP contribution in [0.5, 0.6) is 5.75 Å². The minimum Gasteiger partial charge on any atom is -0.497 e. The molecule has 0 aliphatic carbocycles. The van der Waals surface area contributed by atoms with E-state index >= 15 is 0 Å². The highest BCUT2D eigenvalue weighted by molar-refractivity contribution is 5.26. The number of nitrogens with zero attached hydrogens (tertiary/aromatic N) is 1. The molecule has 0 fully saturated rings. The Bertz CT molecular complexity index is 847. The molecule has 3 aromatic rings. The summed E-state index contributed by atoms with van der Waals surface area (Å²) in [6, 6.07) is 21.5. The highest BCUT2D eigenvalue weighted by atomic mass is 16.5. The molecule has 3 rings (SSSR count). The van der Waals surface area contributed by atoms with E-state index in [1.54, 1.807) is 7.11 Å². The number of hydrogen-bond acceptors (Lipinski definition) is 1. The number of aryl methyl sites for hydroxylation is 1. The maximum absolute atomic E-state index is 5.26. The molecule has 0 radical (unpaired) electrons. The predicted molar refractivity (Wildman–Crippen MR) is 111 cm³/mol. The van der Waals surface area contributed by atoms with Gasteiger partial charge in [0, 0.05) is 18.3 Å². The SMILES string of the molecule is C=CC[NH+](Cc1ccc(OC)cc1)Cc1cccn1Cc1ccc(C)cc1. The first kappa shape index (κ1) is 19.0. The third-order valence-corrected chi connectivity index (χ3v) is 4.87. The van der Waals surface area contributed by atoms with Gasteiger partial charge < -0.3 is 14.2 Å². The third-order valence-electron chi connectivity index (χ3n) is 4.87. The summed E-state index contributed by atoms with van der Waals surface area (Å²) in [4.78, 5) is 1.47. The first-order chi connectivity index (χ1) is 13.2. The summed E-state index contributed by atoms with van der Waals surface area (Å²) in [5.41, 5.74) is 5.29. The number of hydrogen-bond donors (Lipinski definition) is 1. The zero-order valence-corrected chi connectivity index (χ0v) is 16.3. The van der Waals surface area contributed by atoms with Crippen LogP contribution in [-0.2, 0) is 19.6 Å². The van der Waals surface area contributed by atoms with Gasteiger partial charge in [0.15, 0.2) is 0 Å². The lowest BCUT2D eigenvalue weighted by Gasteiger charge is -2.19. The second kappa shape index (κ2) is 9.24. The number of aromatic nitrogens is 1. The first-order valence-corrected chi connectivity index (χ1v) is 9.45. The zero-order valence-electron chi connectivity index (χ0n) is 16.3. The van der Waals surface area contributed by atoms with E-state index in [4.69, 9.17) is 4.74 Å². The van der Waals surface area contributed by atoms with Crippen molar-refractivity contribution in [3.63, 3.8) is 0 Å². The molecule has 140 valence electrons. The topological polar surface area (TPSA) is 18.6 Å². The van der Waals surface area contributed by atoms with Gasteiger partial charge in [-0.1, -0.05) is 36.4 Å². The van der Waals surface area contributed by atoms with E-state index in [-0.39, 0.29) is 0 Å². The predicted octanol–water partition coefficient (Wildman–Crippen LogP) is 3.62. The smallest absolute Gasteiger partial charge is 0.119 e. The van der Waals surface area contributed by atoms with Gasteiger partial charge >= 0.3 is 0 Å². The van der Waals surface area contributed by atoms with Crippen LogP contribution in [0, 0.1) is 6.92 Å². The van der Waals surface area contributed by atoms with E-state index in [0.29, 0.717) is 0 Å². The molecule has 0 bridgehead atoms. The monoisotopic (exact) mass is 361 g/mol. The molecular weight excluding hydrogens is 332 g/mol. The molecule has 27 heavy (non-hydrogen) atoms. The third kappa shape index (κ3) is 5.35. The lowest BCUT2D eigenvalue weighted by molar-refractivity contribution is -0.922. The molecule has 1 N–H and O–H groups in total. The van der Waals surface area contributed by atoms with Crippen LogP contribution in [-0.4, -0.2) is 18.2 Å². The van der Waals surface area contributed by atoms with Crippen LogP contribution in [0.15, 0.2) is 79.5 Å². The van der Waals surface area contributed by atoms with Gasteiger partial charge in [0.25, 0.3) is 0 Å². The van der Waals surface area contributed by atoms with Crippen molar-refractivity contribution in [2.75, 3.05) is 13.7 Å². The summed E-state index contributed by atoms with van der Waals surface area (Å²) >= 11 is 0. The van der Waals surface area contributed by atoms with Crippen LogP contribution in [0.4, 0.5) is 0 Å². The van der Waals surface area contributed by atoms with Crippen LogP contribution in [0.25, 0.3) is 0 Å².